The molecule has 0 saturated heterocycles. The molecule has 1 heterocycles. The first-order valence-corrected chi connectivity index (χ1v) is 5.12. The molecule has 1 aliphatic heterocycles. The minimum atomic E-state index is 0.215. The van der Waals surface area contributed by atoms with E-state index in [0.717, 1.165) is 5.04 Å². The molecule has 1 atom stereocenters. The normalized spacial score (nSPS) is 22.5. The van der Waals surface area contributed by atoms with Gasteiger partial charge in [-0.25, -0.2) is 4.99 Å². The summed E-state index contributed by atoms with van der Waals surface area (Å²) >= 11 is 1.67. The fraction of sp³-hybridized carbons (Fsp3) is 0.300. The topological polar surface area (TPSA) is 21.6 Å². The van der Waals surface area contributed by atoms with Gasteiger partial charge in [0.15, 0.2) is 0 Å². The predicted octanol–water partition coefficient (Wildman–Crippen LogP) is 2.50. The van der Waals surface area contributed by atoms with Gasteiger partial charge in [0.1, 0.15) is 17.2 Å². The zero-order valence-electron chi connectivity index (χ0n) is 7.43. The third kappa shape index (κ3) is 2.11. The summed E-state index contributed by atoms with van der Waals surface area (Å²) in [5.41, 5.74) is 1.40. The van der Waals surface area contributed by atoms with Crippen LogP contribution < -0.4 is 0 Å². The van der Waals surface area contributed by atoms with Crippen molar-refractivity contribution < 1.29 is 4.74 Å². The van der Waals surface area contributed by atoms with Gasteiger partial charge in [-0.1, -0.05) is 42.1 Å². The molecule has 13 heavy (non-hydrogen) atoms. The Bertz CT molecular complexity index is 310. The first-order chi connectivity index (χ1) is 6.36. The van der Waals surface area contributed by atoms with Gasteiger partial charge < -0.3 is 4.74 Å². The summed E-state index contributed by atoms with van der Waals surface area (Å²) in [5.74, 6) is 0. The van der Waals surface area contributed by atoms with Crippen LogP contribution in [0.25, 0.3) is 0 Å². The van der Waals surface area contributed by atoms with Crippen LogP contribution in [0.15, 0.2) is 35.3 Å². The van der Waals surface area contributed by atoms with Crippen molar-refractivity contribution in [1.82, 2.24) is 0 Å². The lowest BCUT2D eigenvalue weighted by Gasteiger charge is -2.18. The molecular formula is C10H11NOS. The Hall–Kier alpha value is -0.800. The maximum atomic E-state index is 5.30. The van der Waals surface area contributed by atoms with Crippen molar-refractivity contribution in [2.24, 2.45) is 4.99 Å². The number of nitrogens with zero attached hydrogens (tertiary/aromatic N) is 1. The van der Waals surface area contributed by atoms with Gasteiger partial charge in [-0.2, -0.15) is 0 Å². The number of ether oxygens (including phenoxy) is 1. The Kier molecular flexibility index (Phi) is 2.66. The zero-order valence-corrected chi connectivity index (χ0v) is 8.25. The summed E-state index contributed by atoms with van der Waals surface area (Å²) in [6.07, 6.45) is 0. The molecule has 2 nitrogen and oxygen atoms in total. The molecule has 0 fully saturated rings. The minimum Gasteiger partial charge on any atom is -0.345 e. The van der Waals surface area contributed by atoms with Gasteiger partial charge in [-0.15, -0.1) is 0 Å². The molecule has 2 rings (SSSR count). The van der Waals surface area contributed by atoms with E-state index in [2.05, 4.69) is 17.1 Å². The lowest BCUT2D eigenvalue weighted by atomic mass is 10.2. The molecule has 68 valence electrons. The molecule has 0 aliphatic carbocycles. The number of aliphatic imine (C=N–C) groups is 1. The van der Waals surface area contributed by atoms with Crippen molar-refractivity contribution in [3.05, 3.63) is 35.9 Å². The Morgan fingerprint density at radius 2 is 2.15 bits per heavy atom. The molecular weight excluding hydrogens is 182 g/mol. The van der Waals surface area contributed by atoms with Crippen molar-refractivity contribution in [3.8, 4) is 0 Å². The van der Waals surface area contributed by atoms with Crippen LogP contribution in [-0.4, -0.2) is 17.2 Å². The average Bonchev–Trinajstić information content (AvgIpc) is 2.19. The van der Waals surface area contributed by atoms with Crippen LogP contribution in [0, 0.1) is 0 Å². The molecule has 3 heteroatoms. The van der Waals surface area contributed by atoms with Crippen LogP contribution in [0.5, 0.6) is 0 Å². The molecule has 1 unspecified atom stereocenters. The van der Waals surface area contributed by atoms with E-state index in [1.807, 2.05) is 25.1 Å². The average molecular weight is 193 g/mol. The largest absolute Gasteiger partial charge is 0.345 e. The highest BCUT2D eigenvalue weighted by molar-refractivity contribution is 8.14. The smallest absolute Gasteiger partial charge is 0.140 e. The lowest BCUT2D eigenvalue weighted by molar-refractivity contribution is 0.130. The van der Waals surface area contributed by atoms with Gasteiger partial charge in [-0.05, 0) is 6.92 Å². The summed E-state index contributed by atoms with van der Waals surface area (Å²) in [5, 5.41) is 1.08. The molecule has 0 bridgehead atoms. The zero-order chi connectivity index (χ0) is 9.10. The molecule has 0 radical (unpaired) electrons. The Morgan fingerprint density at radius 1 is 1.38 bits per heavy atom. The van der Waals surface area contributed by atoms with Crippen molar-refractivity contribution in [2.75, 3.05) is 6.73 Å². The standard InChI is InChI=1S/C10H11NOS/c1-8-12-7-11-10(13-8)9-5-3-2-4-6-9/h2-6,8H,7H2,1H3. The fourth-order valence-corrected chi connectivity index (χ4v) is 2.01. The minimum absolute atomic E-state index is 0.215. The molecule has 1 aromatic carbocycles. The maximum Gasteiger partial charge on any atom is 0.140 e. The summed E-state index contributed by atoms with van der Waals surface area (Å²) in [4.78, 5) is 4.31. The summed E-state index contributed by atoms with van der Waals surface area (Å²) in [6, 6.07) is 10.2. The van der Waals surface area contributed by atoms with Crippen molar-refractivity contribution in [1.29, 1.82) is 0 Å². The van der Waals surface area contributed by atoms with Crippen LogP contribution in [0.1, 0.15) is 12.5 Å². The summed E-state index contributed by atoms with van der Waals surface area (Å²) < 4.78 is 5.30. The van der Waals surface area contributed by atoms with Crippen LogP contribution >= 0.6 is 11.8 Å². The lowest BCUT2D eigenvalue weighted by Crippen LogP contribution is -2.14. The molecule has 1 aromatic rings. The van der Waals surface area contributed by atoms with Crippen LogP contribution in [-0.2, 0) is 4.74 Å². The highest BCUT2D eigenvalue weighted by atomic mass is 32.2. The second kappa shape index (κ2) is 3.94. The highest BCUT2D eigenvalue weighted by Gasteiger charge is 2.14. The van der Waals surface area contributed by atoms with Gasteiger partial charge in [0.2, 0.25) is 0 Å². The molecule has 0 spiro atoms. The number of rotatable bonds is 1. The first-order valence-electron chi connectivity index (χ1n) is 4.24. The second-order valence-corrected chi connectivity index (χ2v) is 4.10. The SMILES string of the molecule is CC1OCN=C(c2ccccc2)S1. The Labute approximate surface area is 82.0 Å². The van der Waals surface area contributed by atoms with Gasteiger partial charge in [0.25, 0.3) is 0 Å². The summed E-state index contributed by atoms with van der Waals surface area (Å²) in [6.45, 7) is 2.53. The fourth-order valence-electron chi connectivity index (χ4n) is 1.17. The van der Waals surface area contributed by atoms with Crippen molar-refractivity contribution in [2.45, 2.75) is 12.4 Å². The van der Waals surface area contributed by atoms with Gasteiger partial charge in [0, 0.05) is 5.56 Å². The predicted molar refractivity (Wildman–Crippen MR) is 56.0 cm³/mol. The van der Waals surface area contributed by atoms with Gasteiger partial charge >= 0.3 is 0 Å². The molecule has 0 aromatic heterocycles. The molecule has 1 aliphatic rings. The van der Waals surface area contributed by atoms with E-state index in [-0.39, 0.29) is 5.44 Å². The molecule has 0 amide bonds. The van der Waals surface area contributed by atoms with E-state index in [1.54, 1.807) is 11.8 Å². The molecule has 0 N–H and O–H groups in total. The van der Waals surface area contributed by atoms with E-state index >= 15 is 0 Å². The van der Waals surface area contributed by atoms with E-state index in [9.17, 15) is 0 Å². The molecule has 0 saturated carbocycles. The summed E-state index contributed by atoms with van der Waals surface area (Å²) in [7, 11) is 0. The van der Waals surface area contributed by atoms with E-state index in [1.165, 1.54) is 5.56 Å². The second-order valence-electron chi connectivity index (χ2n) is 2.81. The third-order valence-corrected chi connectivity index (χ3v) is 2.87. The third-order valence-electron chi connectivity index (χ3n) is 1.82. The van der Waals surface area contributed by atoms with E-state index < -0.39 is 0 Å². The Balaban J connectivity index is 2.22. The van der Waals surface area contributed by atoms with Crippen LogP contribution in [0.3, 0.4) is 0 Å². The number of benzene rings is 1. The van der Waals surface area contributed by atoms with Crippen molar-refractivity contribution in [3.63, 3.8) is 0 Å². The van der Waals surface area contributed by atoms with Gasteiger partial charge in [0.05, 0.1) is 0 Å². The Morgan fingerprint density at radius 3 is 2.85 bits per heavy atom. The van der Waals surface area contributed by atoms with Crippen molar-refractivity contribution >= 4 is 16.8 Å². The van der Waals surface area contributed by atoms with Crippen LogP contribution in [0.2, 0.25) is 0 Å². The van der Waals surface area contributed by atoms with E-state index in [0.29, 0.717) is 6.73 Å². The first kappa shape index (κ1) is 8.78. The number of thioether (sulfide) groups is 1. The monoisotopic (exact) mass is 193 g/mol. The highest BCUT2D eigenvalue weighted by Crippen LogP contribution is 2.23. The maximum absolute atomic E-state index is 5.30. The number of hydrogen-bond acceptors (Lipinski definition) is 3. The quantitative estimate of drug-likeness (QED) is 0.683. The number of hydrogen-bond donors (Lipinski definition) is 0. The van der Waals surface area contributed by atoms with Crippen LogP contribution in [0.4, 0.5) is 0 Å². The van der Waals surface area contributed by atoms with Gasteiger partial charge in [-0.3, -0.25) is 0 Å². The van der Waals surface area contributed by atoms with E-state index in [4.69, 9.17) is 4.74 Å².